The molecule has 0 amide bonds. The lowest BCUT2D eigenvalue weighted by Crippen LogP contribution is -2.21. The Hall–Kier alpha value is -1.85. The number of fused-ring (bicyclic) bond motifs is 3. The third-order valence-corrected chi connectivity index (χ3v) is 5.77. The predicted molar refractivity (Wildman–Crippen MR) is 97.5 cm³/mol. The fourth-order valence-corrected chi connectivity index (χ4v) is 4.48. The number of rotatable bonds is 5. The highest BCUT2D eigenvalue weighted by Gasteiger charge is 2.21. The van der Waals surface area contributed by atoms with E-state index >= 15 is 0 Å². The topological polar surface area (TPSA) is 44.1 Å². The summed E-state index contributed by atoms with van der Waals surface area (Å²) in [7, 11) is 0. The van der Waals surface area contributed by atoms with E-state index in [4.69, 9.17) is 16.3 Å². The van der Waals surface area contributed by atoms with Crippen molar-refractivity contribution in [3.8, 4) is 5.75 Å². The third-order valence-electron chi connectivity index (χ3n) is 4.32. The van der Waals surface area contributed by atoms with Crippen LogP contribution in [0.1, 0.15) is 23.3 Å². The zero-order chi connectivity index (χ0) is 16.5. The van der Waals surface area contributed by atoms with Gasteiger partial charge in [-0.15, -0.1) is 11.3 Å². The van der Waals surface area contributed by atoms with Crippen molar-refractivity contribution in [1.82, 2.24) is 9.55 Å². The van der Waals surface area contributed by atoms with E-state index in [9.17, 15) is 4.79 Å². The summed E-state index contributed by atoms with van der Waals surface area (Å²) in [4.78, 5) is 19.4. The van der Waals surface area contributed by atoms with Gasteiger partial charge >= 0.3 is 0 Å². The van der Waals surface area contributed by atoms with E-state index in [1.807, 2.05) is 12.1 Å². The quantitative estimate of drug-likeness (QED) is 0.644. The van der Waals surface area contributed by atoms with E-state index in [-0.39, 0.29) is 5.56 Å². The summed E-state index contributed by atoms with van der Waals surface area (Å²) in [6.45, 7) is 1.16. The van der Waals surface area contributed by atoms with Crippen molar-refractivity contribution in [3.05, 3.63) is 56.4 Å². The minimum absolute atomic E-state index is 0.0888. The van der Waals surface area contributed by atoms with E-state index in [0.717, 1.165) is 41.6 Å². The smallest absolute Gasteiger partial charge is 0.262 e. The van der Waals surface area contributed by atoms with Crippen LogP contribution in [0.15, 0.2) is 35.4 Å². The van der Waals surface area contributed by atoms with Crippen LogP contribution in [0.25, 0.3) is 10.2 Å². The summed E-state index contributed by atoms with van der Waals surface area (Å²) < 4.78 is 7.38. The molecular weight excluding hydrogens is 344 g/mol. The number of aryl methyl sites for hydroxylation is 3. The van der Waals surface area contributed by atoms with Gasteiger partial charge in [0.25, 0.3) is 5.56 Å². The second-order valence-corrected chi connectivity index (χ2v) is 7.46. The Bertz CT molecular complexity index is 931. The fraction of sp³-hybridized carbons (Fsp3) is 0.333. The molecule has 0 atom stereocenters. The molecule has 2 heterocycles. The van der Waals surface area contributed by atoms with Crippen molar-refractivity contribution >= 4 is 33.2 Å². The van der Waals surface area contributed by atoms with E-state index in [1.165, 1.54) is 10.4 Å². The number of halogens is 1. The molecule has 0 fully saturated rings. The molecule has 1 aliphatic carbocycles. The largest absolute Gasteiger partial charge is 0.494 e. The average molecular weight is 361 g/mol. The summed E-state index contributed by atoms with van der Waals surface area (Å²) in [5, 5.41) is 1.53. The van der Waals surface area contributed by atoms with Gasteiger partial charge in [-0.2, -0.15) is 0 Å². The van der Waals surface area contributed by atoms with Crippen molar-refractivity contribution < 1.29 is 4.74 Å². The highest BCUT2D eigenvalue weighted by Crippen LogP contribution is 2.34. The minimum atomic E-state index is 0.0888. The van der Waals surface area contributed by atoms with Crippen molar-refractivity contribution in [2.24, 2.45) is 0 Å². The molecule has 6 heteroatoms. The van der Waals surface area contributed by atoms with Crippen LogP contribution in [0, 0.1) is 0 Å². The molecule has 1 aromatic carbocycles. The van der Waals surface area contributed by atoms with Gasteiger partial charge in [-0.25, -0.2) is 4.98 Å². The monoisotopic (exact) mass is 360 g/mol. The molecule has 0 saturated carbocycles. The molecule has 0 bridgehead atoms. The molecule has 4 nitrogen and oxygen atoms in total. The SMILES string of the molecule is O=c1c2c3c(sc2ncn1CCCOc1ccc(Cl)cc1)CCC3. The second-order valence-electron chi connectivity index (χ2n) is 5.94. The lowest BCUT2D eigenvalue weighted by atomic mass is 10.2. The van der Waals surface area contributed by atoms with Gasteiger partial charge in [-0.1, -0.05) is 11.6 Å². The molecule has 124 valence electrons. The molecule has 24 heavy (non-hydrogen) atoms. The molecule has 0 N–H and O–H groups in total. The van der Waals surface area contributed by atoms with E-state index in [0.29, 0.717) is 18.2 Å². The predicted octanol–water partition coefficient (Wildman–Crippen LogP) is 4.07. The second kappa shape index (κ2) is 6.57. The molecular formula is C18H17ClN2O2S. The third kappa shape index (κ3) is 2.94. The molecule has 3 aromatic rings. The zero-order valence-electron chi connectivity index (χ0n) is 13.1. The number of aromatic nitrogens is 2. The Morgan fingerprint density at radius 1 is 1.25 bits per heavy atom. The van der Waals surface area contributed by atoms with Crippen molar-refractivity contribution in [3.63, 3.8) is 0 Å². The molecule has 0 spiro atoms. The van der Waals surface area contributed by atoms with Gasteiger partial charge in [-0.3, -0.25) is 9.36 Å². The Kier molecular flexibility index (Phi) is 4.29. The Balaban J connectivity index is 1.44. The van der Waals surface area contributed by atoms with Crippen LogP contribution in [-0.2, 0) is 19.4 Å². The van der Waals surface area contributed by atoms with Crippen LogP contribution in [0.4, 0.5) is 0 Å². The Morgan fingerprint density at radius 3 is 2.92 bits per heavy atom. The number of hydrogen-bond donors (Lipinski definition) is 0. The van der Waals surface area contributed by atoms with Gasteiger partial charge in [0, 0.05) is 16.4 Å². The average Bonchev–Trinajstić information content (AvgIpc) is 3.16. The van der Waals surface area contributed by atoms with E-state index in [2.05, 4.69) is 4.98 Å². The maximum Gasteiger partial charge on any atom is 0.262 e. The standard InChI is InChI=1S/C18H17ClN2O2S/c19-12-5-7-13(8-6-12)23-10-2-9-21-11-20-17-16(18(21)22)14-3-1-4-15(14)24-17/h5-8,11H,1-4,9-10H2. The van der Waals surface area contributed by atoms with Gasteiger partial charge in [0.05, 0.1) is 18.3 Å². The Morgan fingerprint density at radius 2 is 2.08 bits per heavy atom. The number of benzene rings is 1. The summed E-state index contributed by atoms with van der Waals surface area (Å²) in [5.74, 6) is 0.788. The maximum atomic E-state index is 12.7. The van der Waals surface area contributed by atoms with Crippen LogP contribution in [0.2, 0.25) is 5.02 Å². The van der Waals surface area contributed by atoms with Crippen LogP contribution in [0.3, 0.4) is 0 Å². The normalized spacial score (nSPS) is 13.4. The molecule has 4 rings (SSSR count). The fourth-order valence-electron chi connectivity index (χ4n) is 3.13. The van der Waals surface area contributed by atoms with Gasteiger partial charge in [0.2, 0.25) is 0 Å². The summed E-state index contributed by atoms with van der Waals surface area (Å²) in [6.07, 6.45) is 5.67. The summed E-state index contributed by atoms with van der Waals surface area (Å²) >= 11 is 7.53. The maximum absolute atomic E-state index is 12.7. The molecule has 0 aliphatic heterocycles. The van der Waals surface area contributed by atoms with Gasteiger partial charge < -0.3 is 4.74 Å². The number of nitrogens with zero attached hydrogens (tertiary/aromatic N) is 2. The first-order valence-corrected chi connectivity index (χ1v) is 9.30. The lowest BCUT2D eigenvalue weighted by molar-refractivity contribution is 0.301. The zero-order valence-corrected chi connectivity index (χ0v) is 14.7. The van der Waals surface area contributed by atoms with Crippen molar-refractivity contribution in [1.29, 1.82) is 0 Å². The minimum Gasteiger partial charge on any atom is -0.494 e. The molecule has 0 unspecified atom stereocenters. The van der Waals surface area contributed by atoms with E-state index < -0.39 is 0 Å². The number of hydrogen-bond acceptors (Lipinski definition) is 4. The van der Waals surface area contributed by atoms with Gasteiger partial charge in [-0.05, 0) is 55.5 Å². The van der Waals surface area contributed by atoms with Crippen LogP contribution < -0.4 is 10.3 Å². The molecule has 0 saturated heterocycles. The highest BCUT2D eigenvalue weighted by molar-refractivity contribution is 7.18. The van der Waals surface area contributed by atoms with Crippen molar-refractivity contribution in [2.75, 3.05) is 6.61 Å². The summed E-state index contributed by atoms with van der Waals surface area (Å²) in [5.41, 5.74) is 1.32. The lowest BCUT2D eigenvalue weighted by Gasteiger charge is -2.08. The van der Waals surface area contributed by atoms with Crippen molar-refractivity contribution in [2.45, 2.75) is 32.2 Å². The molecule has 2 aromatic heterocycles. The summed E-state index contributed by atoms with van der Waals surface area (Å²) in [6, 6.07) is 7.29. The first-order valence-electron chi connectivity index (χ1n) is 8.10. The van der Waals surface area contributed by atoms with Crippen LogP contribution >= 0.6 is 22.9 Å². The number of ether oxygens (including phenoxy) is 1. The first-order chi connectivity index (χ1) is 11.7. The first kappa shape index (κ1) is 15.7. The number of thiophene rings is 1. The van der Waals surface area contributed by atoms with Gasteiger partial charge in [0.15, 0.2) is 0 Å². The van der Waals surface area contributed by atoms with Gasteiger partial charge in [0.1, 0.15) is 10.6 Å². The van der Waals surface area contributed by atoms with Crippen LogP contribution in [-0.4, -0.2) is 16.2 Å². The highest BCUT2D eigenvalue weighted by atomic mass is 35.5. The Labute approximate surface area is 148 Å². The van der Waals surface area contributed by atoms with Crippen LogP contribution in [0.5, 0.6) is 5.75 Å². The molecule has 1 aliphatic rings. The molecule has 0 radical (unpaired) electrons. The van der Waals surface area contributed by atoms with E-state index in [1.54, 1.807) is 34.4 Å².